The molecule has 0 aliphatic carbocycles. The topological polar surface area (TPSA) is 52.8 Å². The van der Waals surface area contributed by atoms with Gasteiger partial charge in [0, 0.05) is 19.0 Å². The first-order valence-corrected chi connectivity index (χ1v) is 8.15. The zero-order chi connectivity index (χ0) is 15.4. The Bertz CT molecular complexity index is 631. The summed E-state index contributed by atoms with van der Waals surface area (Å²) in [5.74, 6) is -0.995. The van der Waals surface area contributed by atoms with Gasteiger partial charge in [-0.25, -0.2) is 13.5 Å². The van der Waals surface area contributed by atoms with Crippen LogP contribution in [-0.4, -0.2) is 39.2 Å². The van der Waals surface area contributed by atoms with E-state index in [2.05, 4.69) is 15.5 Å². The van der Waals surface area contributed by atoms with E-state index in [0.29, 0.717) is 36.1 Å². The molecule has 22 heavy (non-hydrogen) atoms. The van der Waals surface area contributed by atoms with Crippen molar-refractivity contribution in [1.29, 1.82) is 0 Å². The maximum absolute atomic E-state index is 13.6. The number of aryl methyl sites for hydroxylation is 1. The van der Waals surface area contributed by atoms with E-state index in [0.717, 1.165) is 18.9 Å². The van der Waals surface area contributed by atoms with Gasteiger partial charge in [-0.1, -0.05) is 23.9 Å². The Morgan fingerprint density at radius 1 is 1.27 bits per heavy atom. The highest BCUT2D eigenvalue weighted by molar-refractivity contribution is 7.99. The zero-order valence-corrected chi connectivity index (χ0v) is 12.7. The van der Waals surface area contributed by atoms with E-state index in [-0.39, 0.29) is 6.04 Å². The smallest absolute Gasteiger partial charge is 0.209 e. The molecule has 3 rings (SSSR count). The minimum absolute atomic E-state index is 0.247. The number of tetrazole rings is 1. The number of ether oxygens (including phenoxy) is 1. The van der Waals surface area contributed by atoms with E-state index in [1.54, 1.807) is 6.07 Å². The third-order valence-corrected chi connectivity index (χ3v) is 4.57. The van der Waals surface area contributed by atoms with E-state index in [1.807, 2.05) is 4.68 Å². The van der Waals surface area contributed by atoms with E-state index < -0.39 is 11.6 Å². The van der Waals surface area contributed by atoms with Crippen molar-refractivity contribution in [3.8, 4) is 0 Å². The first kappa shape index (κ1) is 15.4. The molecule has 0 radical (unpaired) electrons. The second-order valence-electron chi connectivity index (χ2n) is 5.06. The predicted octanol–water partition coefficient (Wildman–Crippen LogP) is 2.64. The Morgan fingerprint density at radius 2 is 2.09 bits per heavy atom. The number of nitrogens with zero attached hydrogens (tertiary/aromatic N) is 4. The molecule has 0 amide bonds. The van der Waals surface area contributed by atoms with Gasteiger partial charge in [0.25, 0.3) is 0 Å². The normalized spacial score (nSPS) is 16.1. The summed E-state index contributed by atoms with van der Waals surface area (Å²) in [6.07, 6.45) is 2.20. The van der Waals surface area contributed by atoms with Gasteiger partial charge in [-0.15, -0.1) is 5.10 Å². The van der Waals surface area contributed by atoms with Crippen molar-refractivity contribution >= 4 is 11.8 Å². The van der Waals surface area contributed by atoms with Crippen LogP contribution in [0.25, 0.3) is 0 Å². The molecule has 1 fully saturated rings. The third-order valence-electron chi connectivity index (χ3n) is 3.63. The average molecular weight is 326 g/mol. The van der Waals surface area contributed by atoms with Crippen molar-refractivity contribution < 1.29 is 13.5 Å². The molecule has 5 nitrogen and oxygen atoms in total. The minimum Gasteiger partial charge on any atom is -0.381 e. The predicted molar refractivity (Wildman–Crippen MR) is 77.7 cm³/mol. The van der Waals surface area contributed by atoms with Gasteiger partial charge in [0.1, 0.15) is 0 Å². The quantitative estimate of drug-likeness (QED) is 0.791. The van der Waals surface area contributed by atoms with Crippen LogP contribution in [0.2, 0.25) is 0 Å². The van der Waals surface area contributed by atoms with Crippen molar-refractivity contribution in [3.05, 3.63) is 35.4 Å². The number of aromatic nitrogens is 4. The fourth-order valence-corrected chi connectivity index (χ4v) is 3.35. The summed E-state index contributed by atoms with van der Waals surface area (Å²) >= 11 is 1.45. The summed E-state index contributed by atoms with van der Waals surface area (Å²) in [7, 11) is 0. The van der Waals surface area contributed by atoms with Crippen molar-refractivity contribution in [3.63, 3.8) is 0 Å². The molecule has 1 aliphatic heterocycles. The number of rotatable bonds is 5. The summed E-state index contributed by atoms with van der Waals surface area (Å²) in [6.45, 7) is 1.42. The summed E-state index contributed by atoms with van der Waals surface area (Å²) in [5.41, 5.74) is 0.373. The molecule has 118 valence electrons. The number of halogens is 2. The van der Waals surface area contributed by atoms with Gasteiger partial charge in [0.05, 0.1) is 6.04 Å². The number of benzene rings is 1. The molecule has 0 bridgehead atoms. The molecule has 8 heteroatoms. The maximum atomic E-state index is 13.6. The molecule has 0 N–H and O–H groups in total. The third kappa shape index (κ3) is 3.44. The molecule has 0 unspecified atom stereocenters. The van der Waals surface area contributed by atoms with Crippen molar-refractivity contribution in [2.75, 3.05) is 19.0 Å². The average Bonchev–Trinajstić information content (AvgIpc) is 3.01. The van der Waals surface area contributed by atoms with Crippen molar-refractivity contribution in [2.24, 2.45) is 0 Å². The van der Waals surface area contributed by atoms with Gasteiger partial charge in [-0.05, 0) is 41.3 Å². The molecule has 1 aromatic carbocycles. The number of hydrogen-bond donors (Lipinski definition) is 0. The van der Waals surface area contributed by atoms with Crippen LogP contribution in [0.5, 0.6) is 0 Å². The lowest BCUT2D eigenvalue weighted by atomic mass is 10.1. The highest BCUT2D eigenvalue weighted by atomic mass is 32.2. The zero-order valence-electron chi connectivity index (χ0n) is 11.9. The SMILES string of the molecule is Fc1cccc(CCSc2nnnn2C2CCOCC2)c1F. The van der Waals surface area contributed by atoms with Crippen molar-refractivity contribution in [1.82, 2.24) is 20.2 Å². The summed E-state index contributed by atoms with van der Waals surface area (Å²) in [6, 6.07) is 4.49. The Kier molecular flexibility index (Phi) is 4.99. The van der Waals surface area contributed by atoms with Crippen LogP contribution >= 0.6 is 11.8 Å². The molecular weight excluding hydrogens is 310 g/mol. The summed E-state index contributed by atoms with van der Waals surface area (Å²) in [4.78, 5) is 0. The summed E-state index contributed by atoms with van der Waals surface area (Å²) in [5, 5.41) is 12.5. The molecule has 2 aromatic rings. The van der Waals surface area contributed by atoms with Gasteiger partial charge in [0.2, 0.25) is 5.16 Å². The van der Waals surface area contributed by atoms with E-state index in [4.69, 9.17) is 4.74 Å². The van der Waals surface area contributed by atoms with E-state index in [9.17, 15) is 8.78 Å². The molecule has 1 aliphatic rings. The maximum Gasteiger partial charge on any atom is 0.209 e. The van der Waals surface area contributed by atoms with Gasteiger partial charge in [-0.3, -0.25) is 0 Å². The Balaban J connectivity index is 1.60. The fraction of sp³-hybridized carbons (Fsp3) is 0.500. The largest absolute Gasteiger partial charge is 0.381 e. The molecule has 0 saturated carbocycles. The first-order valence-electron chi connectivity index (χ1n) is 7.17. The van der Waals surface area contributed by atoms with Gasteiger partial charge >= 0.3 is 0 Å². The molecule has 0 atom stereocenters. The second kappa shape index (κ2) is 7.15. The fourth-order valence-electron chi connectivity index (χ4n) is 2.43. The van der Waals surface area contributed by atoms with E-state index >= 15 is 0 Å². The van der Waals surface area contributed by atoms with Gasteiger partial charge < -0.3 is 4.74 Å². The Hall–Kier alpha value is -1.54. The number of thioether (sulfide) groups is 1. The van der Waals surface area contributed by atoms with Gasteiger partial charge in [0.15, 0.2) is 11.6 Å². The Morgan fingerprint density at radius 3 is 2.91 bits per heavy atom. The lowest BCUT2D eigenvalue weighted by molar-refractivity contribution is 0.0631. The van der Waals surface area contributed by atoms with Crippen LogP contribution < -0.4 is 0 Å². The highest BCUT2D eigenvalue weighted by Gasteiger charge is 2.20. The van der Waals surface area contributed by atoms with Crippen LogP contribution in [0, 0.1) is 11.6 Å². The summed E-state index contributed by atoms with van der Waals surface area (Å²) < 4.78 is 33.9. The van der Waals surface area contributed by atoms with Gasteiger partial charge in [-0.2, -0.15) is 0 Å². The lowest BCUT2D eigenvalue weighted by Crippen LogP contribution is -2.21. The molecular formula is C14H16F2N4OS. The van der Waals surface area contributed by atoms with Crippen LogP contribution in [0.1, 0.15) is 24.4 Å². The Labute approximate surface area is 131 Å². The minimum atomic E-state index is -0.811. The lowest BCUT2D eigenvalue weighted by Gasteiger charge is -2.22. The molecule has 1 saturated heterocycles. The van der Waals surface area contributed by atoms with E-state index in [1.165, 1.54) is 17.8 Å². The monoisotopic (exact) mass is 326 g/mol. The number of hydrogen-bond acceptors (Lipinski definition) is 5. The first-order chi connectivity index (χ1) is 10.8. The van der Waals surface area contributed by atoms with Crippen LogP contribution in [-0.2, 0) is 11.2 Å². The molecule has 0 spiro atoms. The van der Waals surface area contributed by atoms with Crippen LogP contribution in [0.4, 0.5) is 8.78 Å². The highest BCUT2D eigenvalue weighted by Crippen LogP contribution is 2.25. The van der Waals surface area contributed by atoms with Crippen LogP contribution in [0.15, 0.2) is 23.4 Å². The standard InChI is InChI=1S/C14H16F2N4OS/c15-12-3-1-2-10(13(12)16)6-9-22-14-17-18-19-20(14)11-4-7-21-8-5-11/h1-3,11H,4-9H2. The molecule has 2 heterocycles. The molecule has 1 aromatic heterocycles. The van der Waals surface area contributed by atoms with Crippen molar-refractivity contribution in [2.45, 2.75) is 30.5 Å². The van der Waals surface area contributed by atoms with Crippen LogP contribution in [0.3, 0.4) is 0 Å². The second-order valence-corrected chi connectivity index (χ2v) is 6.12.